The molecule has 0 unspecified atom stereocenters. The van der Waals surface area contributed by atoms with Gasteiger partial charge in [0.05, 0.1) is 30.9 Å². The number of benzene rings is 2. The van der Waals surface area contributed by atoms with Crippen molar-refractivity contribution in [3.8, 4) is 5.88 Å². The molecule has 3 aromatic rings. The van der Waals surface area contributed by atoms with Gasteiger partial charge in [-0.05, 0) is 38.5 Å². The Morgan fingerprint density at radius 3 is 2.09 bits per heavy atom. The first-order valence-corrected chi connectivity index (χ1v) is 10.8. The zero-order chi connectivity index (χ0) is 24.5. The van der Waals surface area contributed by atoms with Crippen molar-refractivity contribution >= 4 is 41.1 Å². The number of hydrogen-bond acceptors (Lipinski definition) is 8. The SMILES string of the molecule is CCOC(=O)O/C(=C\c1ccccc1)c1c(OC(=O)OCC)n(C(=O)OCC)c2ccccc12. The number of carbonyl (C=O) groups is 3. The Morgan fingerprint density at radius 1 is 0.794 bits per heavy atom. The minimum atomic E-state index is -1.03. The molecule has 0 atom stereocenters. The molecule has 0 saturated heterocycles. The van der Waals surface area contributed by atoms with E-state index in [0.29, 0.717) is 16.5 Å². The molecular formula is C25H25NO8. The van der Waals surface area contributed by atoms with Gasteiger partial charge in [-0.2, -0.15) is 0 Å². The molecular weight excluding hydrogens is 442 g/mol. The van der Waals surface area contributed by atoms with Crippen LogP contribution in [0.25, 0.3) is 22.7 Å². The average Bonchev–Trinajstić information content (AvgIpc) is 3.13. The van der Waals surface area contributed by atoms with Crippen molar-refractivity contribution in [2.45, 2.75) is 20.8 Å². The highest BCUT2D eigenvalue weighted by Gasteiger charge is 2.30. The molecule has 0 saturated carbocycles. The number of carbonyl (C=O) groups excluding carboxylic acids is 3. The predicted molar refractivity (Wildman–Crippen MR) is 124 cm³/mol. The van der Waals surface area contributed by atoms with Gasteiger partial charge in [0.25, 0.3) is 0 Å². The number of aromatic nitrogens is 1. The van der Waals surface area contributed by atoms with Crippen molar-refractivity contribution in [2.75, 3.05) is 19.8 Å². The fourth-order valence-corrected chi connectivity index (χ4v) is 3.24. The minimum absolute atomic E-state index is 0.00296. The van der Waals surface area contributed by atoms with Crippen LogP contribution in [0.1, 0.15) is 31.9 Å². The lowest BCUT2D eigenvalue weighted by atomic mass is 10.1. The molecule has 1 heterocycles. The smallest absolute Gasteiger partial charge is 0.449 e. The van der Waals surface area contributed by atoms with Gasteiger partial charge in [-0.25, -0.2) is 19.0 Å². The number of fused-ring (bicyclic) bond motifs is 1. The summed E-state index contributed by atoms with van der Waals surface area (Å²) in [7, 11) is 0. The number of para-hydroxylation sites is 1. The zero-order valence-electron chi connectivity index (χ0n) is 19.1. The predicted octanol–water partition coefficient (Wildman–Crippen LogP) is 5.85. The fraction of sp³-hybridized carbons (Fsp3) is 0.240. The molecule has 0 aliphatic rings. The first-order chi connectivity index (χ1) is 16.5. The van der Waals surface area contributed by atoms with Gasteiger partial charge in [0, 0.05) is 5.39 Å². The Labute approximate surface area is 196 Å². The van der Waals surface area contributed by atoms with Crippen LogP contribution in [-0.2, 0) is 18.9 Å². The summed E-state index contributed by atoms with van der Waals surface area (Å²) in [6, 6.07) is 15.9. The van der Waals surface area contributed by atoms with Gasteiger partial charge in [0.15, 0.2) is 0 Å². The van der Waals surface area contributed by atoms with Crippen LogP contribution < -0.4 is 4.74 Å². The maximum Gasteiger partial charge on any atom is 0.515 e. The van der Waals surface area contributed by atoms with Gasteiger partial charge in [0.2, 0.25) is 5.88 Å². The van der Waals surface area contributed by atoms with Gasteiger partial charge in [-0.3, -0.25) is 0 Å². The maximum absolute atomic E-state index is 12.9. The number of nitrogens with zero attached hydrogens (tertiary/aromatic N) is 1. The number of rotatable bonds is 7. The van der Waals surface area contributed by atoms with E-state index in [4.69, 9.17) is 23.7 Å². The van der Waals surface area contributed by atoms with E-state index in [1.54, 1.807) is 63.2 Å². The monoisotopic (exact) mass is 467 g/mol. The molecule has 0 fully saturated rings. The summed E-state index contributed by atoms with van der Waals surface area (Å²) >= 11 is 0. The standard InChI is InChI=1S/C25H25NO8/c1-4-30-23(27)26-19-15-11-10-14-18(19)21(22(26)34-25(29)32-6-3)20(33-24(28)31-5-2)16-17-12-8-7-9-13-17/h7-16H,4-6H2,1-3H3/b20-16-. The van der Waals surface area contributed by atoms with Gasteiger partial charge < -0.3 is 23.7 Å². The van der Waals surface area contributed by atoms with E-state index >= 15 is 0 Å². The second kappa shape index (κ2) is 11.6. The van der Waals surface area contributed by atoms with E-state index in [1.165, 1.54) is 0 Å². The van der Waals surface area contributed by atoms with Crippen molar-refractivity contribution in [1.29, 1.82) is 0 Å². The second-order valence-corrected chi connectivity index (χ2v) is 6.72. The molecule has 1 aromatic heterocycles. The molecule has 0 amide bonds. The third-order valence-electron chi connectivity index (χ3n) is 4.52. The molecule has 0 N–H and O–H groups in total. The van der Waals surface area contributed by atoms with Crippen LogP contribution in [0.5, 0.6) is 5.88 Å². The Bertz CT molecular complexity index is 1200. The van der Waals surface area contributed by atoms with Crippen LogP contribution in [0.3, 0.4) is 0 Å². The molecule has 0 aliphatic carbocycles. The molecule has 0 bridgehead atoms. The van der Waals surface area contributed by atoms with Crippen LogP contribution >= 0.6 is 0 Å². The van der Waals surface area contributed by atoms with E-state index in [0.717, 1.165) is 4.57 Å². The van der Waals surface area contributed by atoms with Gasteiger partial charge in [0.1, 0.15) is 5.76 Å². The summed E-state index contributed by atoms with van der Waals surface area (Å²) in [6.45, 7) is 5.15. The Kier molecular flexibility index (Phi) is 8.28. The first-order valence-electron chi connectivity index (χ1n) is 10.8. The third kappa shape index (κ3) is 5.55. The second-order valence-electron chi connectivity index (χ2n) is 6.72. The van der Waals surface area contributed by atoms with Gasteiger partial charge in [-0.15, -0.1) is 0 Å². The van der Waals surface area contributed by atoms with E-state index in [-0.39, 0.29) is 37.0 Å². The summed E-state index contributed by atoms with van der Waals surface area (Å²) in [5, 5.41) is 0.473. The number of ether oxygens (including phenoxy) is 5. The largest absolute Gasteiger partial charge is 0.515 e. The quantitative estimate of drug-likeness (QED) is 0.242. The molecule has 3 rings (SSSR count). The lowest BCUT2D eigenvalue weighted by molar-refractivity contribution is 0.0951. The van der Waals surface area contributed by atoms with Crippen molar-refractivity contribution in [3.05, 3.63) is 65.7 Å². The highest BCUT2D eigenvalue weighted by Crippen LogP contribution is 2.39. The molecule has 0 spiro atoms. The Balaban J connectivity index is 2.31. The maximum atomic E-state index is 12.9. The van der Waals surface area contributed by atoms with E-state index in [1.807, 2.05) is 18.2 Å². The lowest BCUT2D eigenvalue weighted by Crippen LogP contribution is -2.19. The van der Waals surface area contributed by atoms with E-state index in [9.17, 15) is 14.4 Å². The van der Waals surface area contributed by atoms with E-state index < -0.39 is 18.4 Å². The molecule has 0 radical (unpaired) electrons. The van der Waals surface area contributed by atoms with Gasteiger partial charge in [-0.1, -0.05) is 48.5 Å². The van der Waals surface area contributed by atoms with Crippen LogP contribution in [0, 0.1) is 0 Å². The fourth-order valence-electron chi connectivity index (χ4n) is 3.24. The molecule has 9 heteroatoms. The highest BCUT2D eigenvalue weighted by atomic mass is 16.7. The average molecular weight is 467 g/mol. The van der Waals surface area contributed by atoms with Crippen molar-refractivity contribution in [2.24, 2.45) is 0 Å². The third-order valence-corrected chi connectivity index (χ3v) is 4.52. The zero-order valence-corrected chi connectivity index (χ0v) is 19.1. The molecule has 2 aromatic carbocycles. The van der Waals surface area contributed by atoms with Crippen LogP contribution in [-0.4, -0.2) is 42.8 Å². The van der Waals surface area contributed by atoms with Crippen LogP contribution in [0.15, 0.2) is 54.6 Å². The van der Waals surface area contributed by atoms with Crippen LogP contribution in [0.4, 0.5) is 14.4 Å². The first kappa shape index (κ1) is 24.4. The molecule has 34 heavy (non-hydrogen) atoms. The lowest BCUT2D eigenvalue weighted by Gasteiger charge is -2.13. The highest BCUT2D eigenvalue weighted by molar-refractivity contribution is 6.04. The van der Waals surface area contributed by atoms with Crippen molar-refractivity contribution in [3.63, 3.8) is 0 Å². The van der Waals surface area contributed by atoms with Gasteiger partial charge >= 0.3 is 18.4 Å². The van der Waals surface area contributed by atoms with Crippen LogP contribution in [0.2, 0.25) is 0 Å². The Hall–Kier alpha value is -4.27. The van der Waals surface area contributed by atoms with Crippen molar-refractivity contribution in [1.82, 2.24) is 4.57 Å². The normalized spacial score (nSPS) is 11.1. The Morgan fingerprint density at radius 2 is 1.41 bits per heavy atom. The summed E-state index contributed by atoms with van der Waals surface area (Å²) in [4.78, 5) is 37.5. The molecule has 178 valence electrons. The molecule has 0 aliphatic heterocycles. The molecule has 9 nitrogen and oxygen atoms in total. The minimum Gasteiger partial charge on any atom is -0.449 e. The summed E-state index contributed by atoms with van der Waals surface area (Å²) in [5.74, 6) is -0.215. The summed E-state index contributed by atoms with van der Waals surface area (Å²) in [5.41, 5.74) is 1.24. The topological polar surface area (TPSA) is 102 Å². The summed E-state index contributed by atoms with van der Waals surface area (Å²) in [6.07, 6.45) is -1.20. The van der Waals surface area contributed by atoms with Crippen molar-refractivity contribution < 1.29 is 38.1 Å². The van der Waals surface area contributed by atoms with E-state index in [2.05, 4.69) is 0 Å². The summed E-state index contributed by atoms with van der Waals surface area (Å²) < 4.78 is 27.2. The number of hydrogen-bond donors (Lipinski definition) is 0.